The Bertz CT molecular complexity index is 816. The standard InChI is InChI=1S/2C27H54O2/c1-25(2)21-17-14-12-10-8-6-5-7-9-11-13-15-20-24-29-27(28)23-19-16-18-22-26(3)4;1-24(2)20-16-14-12-10-8-6-5-7-9-11-13-15-17-22-26(27(28)29)23-19-18-21-25(3)4/h25-26H,5-24H2,1-4H3;24-26H,5-23H2,1-4H3,(H,28,29). The summed E-state index contributed by atoms with van der Waals surface area (Å²) in [6.07, 6.45) is 48.6. The topological polar surface area (TPSA) is 63.6 Å². The van der Waals surface area contributed by atoms with Gasteiger partial charge < -0.3 is 9.84 Å². The first-order valence-electron chi connectivity index (χ1n) is 26.3. The summed E-state index contributed by atoms with van der Waals surface area (Å²) < 4.78 is 5.35. The third-order valence-corrected chi connectivity index (χ3v) is 12.1. The van der Waals surface area contributed by atoms with E-state index in [2.05, 4.69) is 55.4 Å². The van der Waals surface area contributed by atoms with Crippen LogP contribution in [0.25, 0.3) is 0 Å². The fourth-order valence-electron chi connectivity index (χ4n) is 8.08. The maximum atomic E-state index is 11.7. The van der Waals surface area contributed by atoms with Crippen molar-refractivity contribution in [1.82, 2.24) is 0 Å². The lowest BCUT2D eigenvalue weighted by atomic mass is 9.93. The zero-order valence-electron chi connectivity index (χ0n) is 41.1. The maximum Gasteiger partial charge on any atom is 0.306 e. The Labute approximate surface area is 365 Å². The van der Waals surface area contributed by atoms with E-state index in [1.807, 2.05) is 0 Å². The lowest BCUT2D eigenvalue weighted by Gasteiger charge is -2.12. The van der Waals surface area contributed by atoms with Crippen molar-refractivity contribution < 1.29 is 19.4 Å². The van der Waals surface area contributed by atoms with Gasteiger partial charge in [-0.1, -0.05) is 267 Å². The van der Waals surface area contributed by atoms with Crippen LogP contribution in [0.1, 0.15) is 299 Å². The Kier molecular flexibility index (Phi) is 47.8. The van der Waals surface area contributed by atoms with E-state index in [1.165, 1.54) is 193 Å². The molecule has 1 N–H and O–H groups in total. The second kappa shape index (κ2) is 47.0. The van der Waals surface area contributed by atoms with Crippen molar-refractivity contribution in [3.63, 3.8) is 0 Å². The summed E-state index contributed by atoms with van der Waals surface area (Å²) in [5, 5.41) is 9.41. The molecule has 1 unspecified atom stereocenters. The van der Waals surface area contributed by atoms with Gasteiger partial charge in [0.1, 0.15) is 0 Å². The lowest BCUT2D eigenvalue weighted by molar-refractivity contribution is -0.144. The van der Waals surface area contributed by atoms with Crippen LogP contribution in [0, 0.1) is 29.6 Å². The number of carbonyl (C=O) groups excluding carboxylic acids is 1. The Balaban J connectivity index is 0. The van der Waals surface area contributed by atoms with Crippen LogP contribution in [0.3, 0.4) is 0 Å². The summed E-state index contributed by atoms with van der Waals surface area (Å²) in [5.41, 5.74) is 0. The molecule has 0 saturated heterocycles. The fourth-order valence-corrected chi connectivity index (χ4v) is 8.08. The average Bonchev–Trinajstić information content (AvgIpc) is 3.16. The van der Waals surface area contributed by atoms with Crippen LogP contribution in [-0.2, 0) is 14.3 Å². The number of unbranched alkanes of at least 4 members (excludes halogenated alkanes) is 27. The molecule has 58 heavy (non-hydrogen) atoms. The molecule has 0 aliphatic carbocycles. The van der Waals surface area contributed by atoms with Crippen molar-refractivity contribution in [3.05, 3.63) is 0 Å². The van der Waals surface area contributed by atoms with E-state index >= 15 is 0 Å². The molecule has 4 nitrogen and oxygen atoms in total. The van der Waals surface area contributed by atoms with Gasteiger partial charge in [0.2, 0.25) is 0 Å². The number of ether oxygens (including phenoxy) is 1. The third kappa shape index (κ3) is 53.0. The van der Waals surface area contributed by atoms with Crippen LogP contribution in [0.5, 0.6) is 0 Å². The van der Waals surface area contributed by atoms with Crippen LogP contribution in [0.15, 0.2) is 0 Å². The number of carbonyl (C=O) groups is 2. The zero-order chi connectivity index (χ0) is 43.3. The second-order valence-corrected chi connectivity index (χ2v) is 20.3. The minimum Gasteiger partial charge on any atom is -0.481 e. The highest BCUT2D eigenvalue weighted by Crippen LogP contribution is 2.21. The molecular weight excluding hydrogens is 713 g/mol. The highest BCUT2D eigenvalue weighted by molar-refractivity contribution is 5.70. The lowest BCUT2D eigenvalue weighted by Crippen LogP contribution is -2.13. The number of rotatable bonds is 44. The molecule has 0 aliphatic heterocycles. The highest BCUT2D eigenvalue weighted by atomic mass is 16.5. The Hall–Kier alpha value is -1.06. The van der Waals surface area contributed by atoms with E-state index in [0.29, 0.717) is 13.0 Å². The average molecular weight is 821 g/mol. The molecule has 0 aromatic carbocycles. The molecule has 0 amide bonds. The van der Waals surface area contributed by atoms with E-state index in [0.717, 1.165) is 68.6 Å². The second-order valence-electron chi connectivity index (χ2n) is 20.3. The SMILES string of the molecule is CC(C)CCCCCCCCCCCCCCCC(CCCCC(C)C)C(=O)O.CC(C)CCCCCCCCCCCCCCCOC(=O)CCCCCC(C)C. The molecule has 0 heterocycles. The quantitative estimate of drug-likeness (QED) is 0.0491. The van der Waals surface area contributed by atoms with Crippen molar-refractivity contribution in [2.45, 2.75) is 299 Å². The molecule has 0 aliphatic rings. The van der Waals surface area contributed by atoms with Gasteiger partial charge in [-0.25, -0.2) is 0 Å². The summed E-state index contributed by atoms with van der Waals surface area (Å²) in [4.78, 5) is 23.1. The van der Waals surface area contributed by atoms with Crippen molar-refractivity contribution in [2.75, 3.05) is 6.61 Å². The van der Waals surface area contributed by atoms with Gasteiger partial charge in [0, 0.05) is 6.42 Å². The van der Waals surface area contributed by atoms with Crippen LogP contribution < -0.4 is 0 Å². The van der Waals surface area contributed by atoms with Gasteiger partial charge in [0.15, 0.2) is 0 Å². The third-order valence-electron chi connectivity index (χ3n) is 12.1. The number of esters is 1. The zero-order valence-corrected chi connectivity index (χ0v) is 41.1. The van der Waals surface area contributed by atoms with E-state index < -0.39 is 5.97 Å². The first kappa shape index (κ1) is 59.0. The Morgan fingerprint density at radius 3 is 0.845 bits per heavy atom. The van der Waals surface area contributed by atoms with Crippen LogP contribution >= 0.6 is 0 Å². The molecule has 0 aromatic heterocycles. The molecule has 4 heteroatoms. The van der Waals surface area contributed by atoms with E-state index in [4.69, 9.17) is 4.74 Å². The normalized spacial score (nSPS) is 12.1. The van der Waals surface area contributed by atoms with E-state index in [-0.39, 0.29) is 11.9 Å². The van der Waals surface area contributed by atoms with Gasteiger partial charge in [-0.05, 0) is 49.4 Å². The molecule has 0 radical (unpaired) electrons. The summed E-state index contributed by atoms with van der Waals surface area (Å²) in [6, 6.07) is 0. The van der Waals surface area contributed by atoms with Gasteiger partial charge in [0.25, 0.3) is 0 Å². The Morgan fingerprint density at radius 1 is 0.328 bits per heavy atom. The van der Waals surface area contributed by atoms with Crippen molar-refractivity contribution in [2.24, 2.45) is 29.6 Å². The fraction of sp³-hybridized carbons (Fsp3) is 0.963. The predicted molar refractivity (Wildman–Crippen MR) is 257 cm³/mol. The number of hydrogen-bond donors (Lipinski definition) is 1. The molecular formula is C54H108O4. The molecule has 0 aromatic rings. The molecule has 348 valence electrons. The smallest absolute Gasteiger partial charge is 0.306 e. The number of carboxylic acids is 1. The molecule has 0 rings (SSSR count). The molecule has 0 fully saturated rings. The van der Waals surface area contributed by atoms with Gasteiger partial charge in [0.05, 0.1) is 12.5 Å². The molecule has 0 bridgehead atoms. The largest absolute Gasteiger partial charge is 0.481 e. The molecule has 0 saturated carbocycles. The van der Waals surface area contributed by atoms with Crippen LogP contribution in [0.2, 0.25) is 0 Å². The minimum atomic E-state index is -0.575. The van der Waals surface area contributed by atoms with Gasteiger partial charge in [-0.3, -0.25) is 9.59 Å². The summed E-state index contributed by atoms with van der Waals surface area (Å²) in [5.74, 6) is 2.58. The number of aliphatic carboxylic acids is 1. The van der Waals surface area contributed by atoms with E-state index in [1.54, 1.807) is 0 Å². The predicted octanol–water partition coefficient (Wildman–Crippen LogP) is 18.7. The van der Waals surface area contributed by atoms with Crippen LogP contribution in [0.4, 0.5) is 0 Å². The minimum absolute atomic E-state index is 0.00877. The first-order chi connectivity index (χ1) is 28.0. The summed E-state index contributed by atoms with van der Waals surface area (Å²) in [7, 11) is 0. The molecule has 1 atom stereocenters. The highest BCUT2D eigenvalue weighted by Gasteiger charge is 2.16. The number of hydrogen-bond acceptors (Lipinski definition) is 3. The summed E-state index contributed by atoms with van der Waals surface area (Å²) in [6.45, 7) is 18.9. The van der Waals surface area contributed by atoms with Gasteiger partial charge >= 0.3 is 11.9 Å². The van der Waals surface area contributed by atoms with Crippen LogP contribution in [-0.4, -0.2) is 23.7 Å². The van der Waals surface area contributed by atoms with Crippen molar-refractivity contribution in [3.8, 4) is 0 Å². The molecule has 0 spiro atoms. The van der Waals surface area contributed by atoms with Gasteiger partial charge in [-0.15, -0.1) is 0 Å². The maximum absolute atomic E-state index is 11.7. The van der Waals surface area contributed by atoms with E-state index in [9.17, 15) is 14.7 Å². The van der Waals surface area contributed by atoms with Crippen molar-refractivity contribution in [1.29, 1.82) is 0 Å². The van der Waals surface area contributed by atoms with Gasteiger partial charge in [-0.2, -0.15) is 0 Å². The van der Waals surface area contributed by atoms with Crippen molar-refractivity contribution >= 4 is 11.9 Å². The Morgan fingerprint density at radius 2 is 0.552 bits per heavy atom. The summed E-state index contributed by atoms with van der Waals surface area (Å²) >= 11 is 0. The first-order valence-corrected chi connectivity index (χ1v) is 26.3. The number of carboxylic acid groups (broad SMARTS) is 1. The monoisotopic (exact) mass is 821 g/mol.